The Morgan fingerprint density at radius 2 is 1.61 bits per heavy atom. The largest absolute Gasteiger partial charge is 0.508 e. The number of ether oxygens (including phenoxy) is 2. The number of aromatic hydroxyl groups is 2. The summed E-state index contributed by atoms with van der Waals surface area (Å²) in [5.74, 6) is 0.555. The van der Waals surface area contributed by atoms with Gasteiger partial charge in [-0.1, -0.05) is 48.5 Å². The van der Waals surface area contributed by atoms with Gasteiger partial charge in [0.25, 0.3) is 0 Å². The Hall–Kier alpha value is -3.77. The topological polar surface area (TPSA) is 96.2 Å². The number of carbonyl (C=O) groups is 1. The minimum Gasteiger partial charge on any atom is -0.508 e. The third kappa shape index (κ3) is 7.12. The van der Waals surface area contributed by atoms with Crippen LogP contribution in [0.25, 0.3) is 0 Å². The summed E-state index contributed by atoms with van der Waals surface area (Å²) in [6, 6.07) is 15.3. The van der Waals surface area contributed by atoms with Crippen LogP contribution in [0.3, 0.4) is 0 Å². The summed E-state index contributed by atoms with van der Waals surface area (Å²) >= 11 is 0. The minimum absolute atomic E-state index is 0.00399. The summed E-state index contributed by atoms with van der Waals surface area (Å²) in [6.45, 7) is 10.7. The van der Waals surface area contributed by atoms with Crippen LogP contribution in [-0.4, -0.2) is 40.6 Å². The lowest BCUT2D eigenvalue weighted by Gasteiger charge is -2.15. The van der Waals surface area contributed by atoms with Crippen molar-refractivity contribution >= 4 is 5.97 Å². The van der Waals surface area contributed by atoms with E-state index in [1.807, 2.05) is 63.2 Å². The highest BCUT2D eigenvalue weighted by Crippen LogP contribution is 2.31. The van der Waals surface area contributed by atoms with Crippen LogP contribution in [-0.2, 0) is 22.4 Å². The quantitative estimate of drug-likeness (QED) is 0.271. The molecular weight excluding hydrogens is 456 g/mol. The van der Waals surface area contributed by atoms with Crippen LogP contribution in [0.5, 0.6) is 17.2 Å². The molecule has 36 heavy (non-hydrogen) atoms. The van der Waals surface area contributed by atoms with Crippen LogP contribution in [0.1, 0.15) is 45.9 Å². The summed E-state index contributed by atoms with van der Waals surface area (Å²) in [6.07, 6.45) is 0.150. The first kappa shape index (κ1) is 26.8. The Balaban J connectivity index is 1.68. The minimum atomic E-state index is -0.946. The molecule has 0 amide bonds. The summed E-state index contributed by atoms with van der Waals surface area (Å²) in [7, 11) is 0. The van der Waals surface area contributed by atoms with Gasteiger partial charge in [-0.2, -0.15) is 0 Å². The van der Waals surface area contributed by atoms with Crippen molar-refractivity contribution in [3.63, 3.8) is 0 Å². The normalized spacial score (nSPS) is 11.7. The molecule has 6 heteroatoms. The van der Waals surface area contributed by atoms with Gasteiger partial charge in [0.2, 0.25) is 0 Å². The van der Waals surface area contributed by atoms with Crippen LogP contribution in [0, 0.1) is 20.8 Å². The average molecular weight is 491 g/mol. The molecule has 0 spiro atoms. The third-order valence-electron chi connectivity index (χ3n) is 5.89. The molecule has 190 valence electrons. The number of phenols is 2. The number of aliphatic hydroxyl groups excluding tert-OH is 1. The van der Waals surface area contributed by atoms with E-state index < -0.39 is 12.1 Å². The summed E-state index contributed by atoms with van der Waals surface area (Å²) in [4.78, 5) is 11.4. The molecule has 0 heterocycles. The van der Waals surface area contributed by atoms with E-state index in [1.165, 1.54) is 0 Å². The second kappa shape index (κ2) is 11.8. The zero-order valence-corrected chi connectivity index (χ0v) is 21.3. The van der Waals surface area contributed by atoms with E-state index in [2.05, 4.69) is 6.58 Å². The smallest absolute Gasteiger partial charge is 0.333 e. The van der Waals surface area contributed by atoms with Gasteiger partial charge in [-0.15, -0.1) is 0 Å². The van der Waals surface area contributed by atoms with Crippen LogP contribution in [0.4, 0.5) is 0 Å². The van der Waals surface area contributed by atoms with E-state index >= 15 is 0 Å². The second-order valence-corrected chi connectivity index (χ2v) is 9.35. The monoisotopic (exact) mass is 490 g/mol. The first-order valence-electron chi connectivity index (χ1n) is 11.9. The summed E-state index contributed by atoms with van der Waals surface area (Å²) in [5.41, 5.74) is 6.69. The lowest BCUT2D eigenvalue weighted by atomic mass is 9.94. The molecule has 0 fully saturated rings. The van der Waals surface area contributed by atoms with Gasteiger partial charge < -0.3 is 24.8 Å². The van der Waals surface area contributed by atoms with E-state index in [0.717, 1.165) is 38.9 Å². The molecule has 0 radical (unpaired) electrons. The van der Waals surface area contributed by atoms with Crippen molar-refractivity contribution in [3.8, 4) is 17.2 Å². The van der Waals surface area contributed by atoms with Gasteiger partial charge in [0, 0.05) is 12.0 Å². The lowest BCUT2D eigenvalue weighted by molar-refractivity contribution is -0.142. The maximum absolute atomic E-state index is 11.4. The molecule has 6 nitrogen and oxygen atoms in total. The van der Waals surface area contributed by atoms with Gasteiger partial charge in [0.1, 0.15) is 36.6 Å². The third-order valence-corrected chi connectivity index (χ3v) is 5.89. The molecule has 0 saturated carbocycles. The number of rotatable bonds is 10. The van der Waals surface area contributed by atoms with Crippen molar-refractivity contribution < 1.29 is 29.6 Å². The fourth-order valence-corrected chi connectivity index (χ4v) is 3.98. The SMILES string of the molecule is C=C(C)C(=O)OCC(O)COc1ccc(Cc2cc(C)c(O)c(Cc3cc(C)ccc3O)c2)cc1C. The van der Waals surface area contributed by atoms with Gasteiger partial charge in [0.15, 0.2) is 0 Å². The molecular formula is C30H34O6. The van der Waals surface area contributed by atoms with Gasteiger partial charge in [-0.25, -0.2) is 4.79 Å². The van der Waals surface area contributed by atoms with Crippen molar-refractivity contribution in [1.82, 2.24) is 0 Å². The predicted octanol–water partition coefficient (Wildman–Crippen LogP) is 5.06. The number of esters is 1. The summed E-state index contributed by atoms with van der Waals surface area (Å²) < 4.78 is 10.7. The number of aliphatic hydroxyl groups is 1. The van der Waals surface area contributed by atoms with E-state index in [0.29, 0.717) is 18.6 Å². The lowest BCUT2D eigenvalue weighted by Crippen LogP contribution is -2.25. The van der Waals surface area contributed by atoms with Crippen LogP contribution < -0.4 is 4.74 Å². The van der Waals surface area contributed by atoms with Gasteiger partial charge in [-0.05, 0) is 79.6 Å². The van der Waals surface area contributed by atoms with Crippen LogP contribution >= 0.6 is 0 Å². The molecule has 0 aliphatic carbocycles. The maximum atomic E-state index is 11.4. The Morgan fingerprint density at radius 1 is 0.889 bits per heavy atom. The molecule has 0 aliphatic heterocycles. The van der Waals surface area contributed by atoms with Gasteiger partial charge in [-0.3, -0.25) is 0 Å². The number of hydrogen-bond donors (Lipinski definition) is 3. The standard InChI is InChI=1S/C30H34O6/c1-18(2)30(34)36-17-26(31)16-35-28-9-7-22(11-20(28)4)13-23-12-21(5)29(33)25(14-23)15-24-10-19(3)6-8-27(24)32/h6-12,14,26,31-33H,1,13,15-17H2,2-5H3. The van der Waals surface area contributed by atoms with Crippen molar-refractivity contribution in [2.75, 3.05) is 13.2 Å². The molecule has 3 rings (SSSR count). The highest BCUT2D eigenvalue weighted by atomic mass is 16.5. The zero-order chi connectivity index (χ0) is 26.4. The van der Waals surface area contributed by atoms with E-state index in [4.69, 9.17) is 9.47 Å². The van der Waals surface area contributed by atoms with Gasteiger partial charge in [0.05, 0.1) is 0 Å². The number of hydrogen-bond acceptors (Lipinski definition) is 6. The van der Waals surface area contributed by atoms with Crippen molar-refractivity contribution in [1.29, 1.82) is 0 Å². The van der Waals surface area contributed by atoms with Gasteiger partial charge >= 0.3 is 5.97 Å². The average Bonchev–Trinajstić information content (AvgIpc) is 2.82. The number of benzene rings is 3. The molecule has 3 N–H and O–H groups in total. The second-order valence-electron chi connectivity index (χ2n) is 9.35. The maximum Gasteiger partial charge on any atom is 0.333 e. The van der Waals surface area contributed by atoms with Crippen molar-refractivity contribution in [2.45, 2.75) is 46.6 Å². The molecule has 1 unspecified atom stereocenters. The highest BCUT2D eigenvalue weighted by Gasteiger charge is 2.13. The molecule has 3 aromatic carbocycles. The van der Waals surface area contributed by atoms with Crippen molar-refractivity contribution in [2.24, 2.45) is 0 Å². The molecule has 0 aromatic heterocycles. The number of aryl methyl sites for hydroxylation is 3. The van der Waals surface area contributed by atoms with Crippen LogP contribution in [0.15, 0.2) is 60.7 Å². The van der Waals surface area contributed by atoms with E-state index in [-0.39, 0.29) is 30.3 Å². The highest BCUT2D eigenvalue weighted by molar-refractivity contribution is 5.86. The fourth-order valence-electron chi connectivity index (χ4n) is 3.98. The number of carbonyl (C=O) groups excluding carboxylic acids is 1. The predicted molar refractivity (Wildman–Crippen MR) is 140 cm³/mol. The Labute approximate surface area is 212 Å². The van der Waals surface area contributed by atoms with Crippen LogP contribution in [0.2, 0.25) is 0 Å². The molecule has 3 aromatic rings. The van der Waals surface area contributed by atoms with E-state index in [1.54, 1.807) is 13.0 Å². The Bertz CT molecular complexity index is 1260. The summed E-state index contributed by atoms with van der Waals surface area (Å²) in [5, 5.41) is 30.9. The Kier molecular flexibility index (Phi) is 8.78. The number of phenolic OH excluding ortho intramolecular Hbond substituents is 2. The fraction of sp³-hybridized carbons (Fsp3) is 0.300. The first-order valence-corrected chi connectivity index (χ1v) is 11.9. The van der Waals surface area contributed by atoms with Crippen molar-refractivity contribution in [3.05, 3.63) is 99.6 Å². The van der Waals surface area contributed by atoms with E-state index in [9.17, 15) is 20.1 Å². The Morgan fingerprint density at radius 3 is 2.31 bits per heavy atom. The molecule has 0 saturated heterocycles. The molecule has 1 atom stereocenters. The zero-order valence-electron chi connectivity index (χ0n) is 21.3. The molecule has 0 aliphatic rings. The molecule has 0 bridgehead atoms. The first-order chi connectivity index (χ1) is 17.0.